The van der Waals surface area contributed by atoms with Crippen molar-refractivity contribution in [3.05, 3.63) is 58.6 Å². The third kappa shape index (κ3) is 3.37. The van der Waals surface area contributed by atoms with Crippen LogP contribution in [0.5, 0.6) is 0 Å². The maximum absolute atomic E-state index is 12.7. The standard InChI is InChI=1S/C18H17ClN2O2/c1-12-10-13(19)6-7-14(12)17(22)11-21-9-8-18(23)20-15-4-2-3-5-16(15)21/h2-7,10H,8-9,11H2,1H3,(H,20,23). The van der Waals surface area contributed by atoms with Crippen molar-refractivity contribution in [2.24, 2.45) is 0 Å². The van der Waals surface area contributed by atoms with Gasteiger partial charge in [0.1, 0.15) is 0 Å². The van der Waals surface area contributed by atoms with Crippen molar-refractivity contribution in [1.82, 2.24) is 0 Å². The molecular weight excluding hydrogens is 312 g/mol. The summed E-state index contributed by atoms with van der Waals surface area (Å²) in [4.78, 5) is 26.4. The van der Waals surface area contributed by atoms with E-state index in [4.69, 9.17) is 11.6 Å². The van der Waals surface area contributed by atoms with Crippen molar-refractivity contribution in [3.63, 3.8) is 0 Å². The lowest BCUT2D eigenvalue weighted by Crippen LogP contribution is -2.31. The number of carbonyl (C=O) groups is 2. The summed E-state index contributed by atoms with van der Waals surface area (Å²) in [6.45, 7) is 2.62. The van der Waals surface area contributed by atoms with Gasteiger partial charge in [-0.1, -0.05) is 23.7 Å². The van der Waals surface area contributed by atoms with Crippen molar-refractivity contribution in [1.29, 1.82) is 0 Å². The molecule has 5 heteroatoms. The Hall–Kier alpha value is -2.33. The fourth-order valence-corrected chi connectivity index (χ4v) is 3.01. The van der Waals surface area contributed by atoms with Crippen LogP contribution in [0.3, 0.4) is 0 Å². The third-order valence-electron chi connectivity index (χ3n) is 3.95. The highest BCUT2D eigenvalue weighted by Crippen LogP contribution is 2.28. The number of rotatable bonds is 3. The van der Waals surface area contributed by atoms with Crippen LogP contribution in [-0.4, -0.2) is 24.8 Å². The van der Waals surface area contributed by atoms with Crippen LogP contribution in [0.4, 0.5) is 11.4 Å². The summed E-state index contributed by atoms with van der Waals surface area (Å²) >= 11 is 5.95. The number of nitrogens with zero attached hydrogens (tertiary/aromatic N) is 1. The van der Waals surface area contributed by atoms with E-state index in [-0.39, 0.29) is 18.2 Å². The Kier molecular flexibility index (Phi) is 4.35. The van der Waals surface area contributed by atoms with E-state index in [0.717, 1.165) is 16.9 Å². The zero-order chi connectivity index (χ0) is 16.4. The second-order valence-corrected chi connectivity index (χ2v) is 6.06. The van der Waals surface area contributed by atoms with Crippen molar-refractivity contribution >= 4 is 34.7 Å². The Morgan fingerprint density at radius 2 is 2.04 bits per heavy atom. The molecule has 3 rings (SSSR count). The molecule has 118 valence electrons. The summed E-state index contributed by atoms with van der Waals surface area (Å²) in [6, 6.07) is 12.8. The molecule has 2 aromatic carbocycles. The van der Waals surface area contributed by atoms with E-state index in [1.807, 2.05) is 36.1 Å². The van der Waals surface area contributed by atoms with Crippen molar-refractivity contribution in [2.45, 2.75) is 13.3 Å². The molecule has 1 aliphatic rings. The Bertz CT molecular complexity index is 773. The van der Waals surface area contributed by atoms with Crippen LogP contribution in [0.2, 0.25) is 5.02 Å². The number of amides is 1. The number of benzene rings is 2. The fourth-order valence-electron chi connectivity index (χ4n) is 2.79. The minimum absolute atomic E-state index is 0.0170. The second kappa shape index (κ2) is 6.42. The Balaban J connectivity index is 1.87. The van der Waals surface area contributed by atoms with Crippen LogP contribution in [0.25, 0.3) is 0 Å². The average molecular weight is 329 g/mol. The molecule has 0 atom stereocenters. The molecule has 0 saturated heterocycles. The quantitative estimate of drug-likeness (QED) is 0.874. The molecule has 0 aliphatic carbocycles. The monoisotopic (exact) mass is 328 g/mol. The number of hydrogen-bond acceptors (Lipinski definition) is 3. The SMILES string of the molecule is Cc1cc(Cl)ccc1C(=O)CN1CCC(=O)Nc2ccccc21. The number of hydrogen-bond donors (Lipinski definition) is 1. The number of carbonyl (C=O) groups excluding carboxylic acids is 2. The van der Waals surface area contributed by atoms with Crippen molar-refractivity contribution in [3.8, 4) is 0 Å². The van der Waals surface area contributed by atoms with Crippen LogP contribution in [0.15, 0.2) is 42.5 Å². The molecule has 0 spiro atoms. The van der Waals surface area contributed by atoms with Gasteiger partial charge in [-0.15, -0.1) is 0 Å². The smallest absolute Gasteiger partial charge is 0.226 e. The number of fused-ring (bicyclic) bond motifs is 1. The zero-order valence-electron chi connectivity index (χ0n) is 12.8. The molecular formula is C18H17ClN2O2. The normalized spacial score (nSPS) is 14.0. The second-order valence-electron chi connectivity index (χ2n) is 5.62. The highest BCUT2D eigenvalue weighted by molar-refractivity contribution is 6.30. The largest absolute Gasteiger partial charge is 0.362 e. The van der Waals surface area contributed by atoms with Crippen molar-refractivity contribution < 1.29 is 9.59 Å². The molecule has 0 unspecified atom stereocenters. The van der Waals surface area contributed by atoms with E-state index in [2.05, 4.69) is 5.32 Å². The molecule has 1 aliphatic heterocycles. The number of anilines is 2. The highest BCUT2D eigenvalue weighted by Gasteiger charge is 2.21. The van der Waals surface area contributed by atoms with Crippen LogP contribution < -0.4 is 10.2 Å². The molecule has 0 saturated carbocycles. The Morgan fingerprint density at radius 1 is 1.26 bits per heavy atom. The summed E-state index contributed by atoms with van der Waals surface area (Å²) in [6.07, 6.45) is 0.363. The Morgan fingerprint density at radius 3 is 2.83 bits per heavy atom. The molecule has 0 fully saturated rings. The van der Waals surface area contributed by atoms with Gasteiger partial charge in [-0.05, 0) is 42.8 Å². The first-order valence-corrected chi connectivity index (χ1v) is 7.85. The van der Waals surface area contributed by atoms with Gasteiger partial charge in [0.25, 0.3) is 0 Å². The van der Waals surface area contributed by atoms with Crippen LogP contribution >= 0.6 is 11.6 Å². The summed E-state index contributed by atoms with van der Waals surface area (Å²) in [5.41, 5.74) is 3.14. The van der Waals surface area contributed by atoms with E-state index < -0.39 is 0 Å². The lowest BCUT2D eigenvalue weighted by Gasteiger charge is -2.23. The third-order valence-corrected chi connectivity index (χ3v) is 4.19. The molecule has 2 aromatic rings. The maximum Gasteiger partial charge on any atom is 0.226 e. The van der Waals surface area contributed by atoms with Gasteiger partial charge in [0.15, 0.2) is 5.78 Å². The average Bonchev–Trinajstić information content (AvgIpc) is 2.66. The van der Waals surface area contributed by atoms with Gasteiger partial charge in [-0.3, -0.25) is 9.59 Å². The van der Waals surface area contributed by atoms with Gasteiger partial charge >= 0.3 is 0 Å². The van der Waals surface area contributed by atoms with Gasteiger partial charge in [0.2, 0.25) is 5.91 Å². The minimum Gasteiger partial charge on any atom is -0.362 e. The highest BCUT2D eigenvalue weighted by atomic mass is 35.5. The summed E-state index contributed by atoms with van der Waals surface area (Å²) < 4.78 is 0. The molecule has 1 heterocycles. The van der Waals surface area contributed by atoms with Crippen LogP contribution in [0.1, 0.15) is 22.3 Å². The molecule has 0 radical (unpaired) electrons. The molecule has 1 amide bonds. The number of ketones is 1. The lowest BCUT2D eigenvalue weighted by molar-refractivity contribution is -0.115. The van der Waals surface area contributed by atoms with E-state index in [9.17, 15) is 9.59 Å². The fraction of sp³-hybridized carbons (Fsp3) is 0.222. The van der Waals surface area contributed by atoms with Gasteiger partial charge in [-0.2, -0.15) is 0 Å². The van der Waals surface area contributed by atoms with Gasteiger partial charge in [0.05, 0.1) is 17.9 Å². The van der Waals surface area contributed by atoms with Gasteiger partial charge < -0.3 is 10.2 Å². The summed E-state index contributed by atoms with van der Waals surface area (Å²) in [5, 5.41) is 3.49. The molecule has 23 heavy (non-hydrogen) atoms. The first-order valence-electron chi connectivity index (χ1n) is 7.48. The van der Waals surface area contributed by atoms with E-state index in [1.165, 1.54) is 0 Å². The minimum atomic E-state index is -0.0323. The van der Waals surface area contributed by atoms with Crippen LogP contribution in [0, 0.1) is 6.92 Å². The summed E-state index contributed by atoms with van der Waals surface area (Å²) in [5.74, 6) is -0.0154. The predicted octanol–water partition coefficient (Wildman–Crippen LogP) is 3.68. The first-order chi connectivity index (χ1) is 11.0. The lowest BCUT2D eigenvalue weighted by atomic mass is 10.0. The van der Waals surface area contributed by atoms with Crippen molar-refractivity contribution in [2.75, 3.05) is 23.3 Å². The number of nitrogens with one attached hydrogen (secondary N) is 1. The molecule has 1 N–H and O–H groups in total. The molecule has 4 nitrogen and oxygen atoms in total. The van der Waals surface area contributed by atoms with E-state index in [1.54, 1.807) is 18.2 Å². The summed E-state index contributed by atoms with van der Waals surface area (Å²) in [7, 11) is 0. The van der Waals surface area contributed by atoms with Gasteiger partial charge in [0, 0.05) is 23.6 Å². The maximum atomic E-state index is 12.7. The number of Topliss-reactive ketones (excluding diaryl/α,β-unsaturated/α-hetero) is 1. The van der Waals surface area contributed by atoms with E-state index >= 15 is 0 Å². The number of aryl methyl sites for hydroxylation is 1. The zero-order valence-corrected chi connectivity index (χ0v) is 13.6. The number of para-hydroxylation sites is 2. The van der Waals surface area contributed by atoms with Crippen LogP contribution in [-0.2, 0) is 4.79 Å². The molecule has 0 bridgehead atoms. The van der Waals surface area contributed by atoms with Gasteiger partial charge in [-0.25, -0.2) is 0 Å². The topological polar surface area (TPSA) is 49.4 Å². The molecule has 0 aromatic heterocycles. The number of halogens is 1. The predicted molar refractivity (Wildman–Crippen MR) is 92.4 cm³/mol. The Labute approximate surface area is 140 Å². The van der Waals surface area contributed by atoms with E-state index in [0.29, 0.717) is 23.6 Å². The first kappa shape index (κ1) is 15.6.